The van der Waals surface area contributed by atoms with Crippen molar-refractivity contribution in [1.29, 1.82) is 0 Å². The molecule has 2 rings (SSSR count). The third-order valence-electron chi connectivity index (χ3n) is 2.84. The molecular formula is C15H19BrN2S. The first-order chi connectivity index (χ1) is 9.10. The van der Waals surface area contributed by atoms with Crippen LogP contribution in [0.2, 0.25) is 0 Å². The monoisotopic (exact) mass is 338 g/mol. The van der Waals surface area contributed by atoms with E-state index in [1.165, 1.54) is 11.1 Å². The van der Waals surface area contributed by atoms with E-state index in [9.17, 15) is 0 Å². The molecule has 0 radical (unpaired) electrons. The van der Waals surface area contributed by atoms with Gasteiger partial charge in [-0.25, -0.2) is 4.98 Å². The topological polar surface area (TPSA) is 24.9 Å². The highest BCUT2D eigenvalue weighted by Crippen LogP contribution is 2.32. The fourth-order valence-corrected chi connectivity index (χ4v) is 3.49. The minimum atomic E-state index is 0.696. The predicted octanol–water partition coefficient (Wildman–Crippen LogP) is 4.49. The smallest absolute Gasteiger partial charge is 0.124 e. The summed E-state index contributed by atoms with van der Waals surface area (Å²) in [6, 6.07) is 8.77. The molecule has 1 heterocycles. The summed E-state index contributed by atoms with van der Waals surface area (Å²) in [5.74, 6) is 0.696. The summed E-state index contributed by atoms with van der Waals surface area (Å²) in [4.78, 5) is 4.67. The SMILES string of the molecule is CNCc1nc(-c2ccc(CC(C)C)cc2)sc1Br. The van der Waals surface area contributed by atoms with Gasteiger partial charge in [0.2, 0.25) is 0 Å². The van der Waals surface area contributed by atoms with Gasteiger partial charge in [-0.2, -0.15) is 0 Å². The zero-order valence-corrected chi connectivity index (χ0v) is 13.9. The highest BCUT2D eigenvalue weighted by Gasteiger charge is 2.10. The Morgan fingerprint density at radius 3 is 2.53 bits per heavy atom. The molecule has 0 aliphatic rings. The molecule has 1 N–H and O–H groups in total. The Morgan fingerprint density at radius 1 is 1.26 bits per heavy atom. The van der Waals surface area contributed by atoms with Crippen LogP contribution in [-0.2, 0) is 13.0 Å². The van der Waals surface area contributed by atoms with E-state index in [0.717, 1.165) is 27.5 Å². The number of thiazole rings is 1. The molecule has 0 spiro atoms. The lowest BCUT2D eigenvalue weighted by Gasteiger charge is -2.05. The zero-order valence-electron chi connectivity index (χ0n) is 11.5. The Balaban J connectivity index is 2.19. The second kappa shape index (κ2) is 6.64. The van der Waals surface area contributed by atoms with E-state index in [1.54, 1.807) is 11.3 Å². The van der Waals surface area contributed by atoms with Gasteiger partial charge in [-0.1, -0.05) is 38.1 Å². The third kappa shape index (κ3) is 3.88. The Hall–Kier alpha value is -0.710. The van der Waals surface area contributed by atoms with E-state index >= 15 is 0 Å². The molecule has 1 aromatic heterocycles. The Bertz CT molecular complexity index is 532. The average Bonchev–Trinajstić information content (AvgIpc) is 2.72. The van der Waals surface area contributed by atoms with Crippen molar-refractivity contribution in [3.05, 3.63) is 39.3 Å². The van der Waals surface area contributed by atoms with Gasteiger partial charge in [0.1, 0.15) is 5.01 Å². The van der Waals surface area contributed by atoms with Crippen molar-refractivity contribution in [2.45, 2.75) is 26.8 Å². The summed E-state index contributed by atoms with van der Waals surface area (Å²) >= 11 is 5.27. The van der Waals surface area contributed by atoms with Gasteiger partial charge in [0, 0.05) is 12.1 Å². The van der Waals surface area contributed by atoms with Crippen LogP contribution < -0.4 is 5.32 Å². The Morgan fingerprint density at radius 2 is 1.95 bits per heavy atom. The van der Waals surface area contributed by atoms with Crippen LogP contribution in [0.25, 0.3) is 10.6 Å². The van der Waals surface area contributed by atoms with Crippen LogP contribution in [0.5, 0.6) is 0 Å². The number of nitrogens with one attached hydrogen (secondary N) is 1. The summed E-state index contributed by atoms with van der Waals surface area (Å²) in [6.07, 6.45) is 1.13. The number of nitrogens with zero attached hydrogens (tertiary/aromatic N) is 1. The standard InChI is InChI=1S/C15H19BrN2S/c1-10(2)8-11-4-6-12(7-5-11)15-18-13(9-17-3)14(16)19-15/h4-7,10,17H,8-9H2,1-3H3. The molecule has 0 amide bonds. The lowest BCUT2D eigenvalue weighted by molar-refractivity contribution is 0.647. The molecule has 0 saturated heterocycles. The van der Waals surface area contributed by atoms with Crippen molar-refractivity contribution in [1.82, 2.24) is 10.3 Å². The first kappa shape index (κ1) is 14.7. The normalized spacial score (nSPS) is 11.2. The van der Waals surface area contributed by atoms with Crippen LogP contribution in [-0.4, -0.2) is 12.0 Å². The van der Waals surface area contributed by atoms with Crippen molar-refractivity contribution >= 4 is 27.3 Å². The van der Waals surface area contributed by atoms with Crippen molar-refractivity contribution < 1.29 is 0 Å². The summed E-state index contributed by atoms with van der Waals surface area (Å²) in [5.41, 5.74) is 3.67. The maximum atomic E-state index is 4.67. The van der Waals surface area contributed by atoms with E-state index in [2.05, 4.69) is 64.3 Å². The fraction of sp³-hybridized carbons (Fsp3) is 0.400. The molecule has 0 bridgehead atoms. The highest BCUT2D eigenvalue weighted by atomic mass is 79.9. The molecule has 19 heavy (non-hydrogen) atoms. The number of hydrogen-bond acceptors (Lipinski definition) is 3. The Labute approximate surface area is 127 Å². The lowest BCUT2D eigenvalue weighted by Crippen LogP contribution is -2.05. The van der Waals surface area contributed by atoms with Gasteiger partial charge in [-0.3, -0.25) is 0 Å². The van der Waals surface area contributed by atoms with Crippen molar-refractivity contribution in [3.63, 3.8) is 0 Å². The number of aromatic nitrogens is 1. The number of hydrogen-bond donors (Lipinski definition) is 1. The molecule has 1 aromatic carbocycles. The van der Waals surface area contributed by atoms with Crippen molar-refractivity contribution in [3.8, 4) is 10.6 Å². The number of halogens is 1. The van der Waals surface area contributed by atoms with E-state index in [-0.39, 0.29) is 0 Å². The molecule has 0 saturated carbocycles. The summed E-state index contributed by atoms with van der Waals surface area (Å²) in [7, 11) is 1.94. The Kier molecular flexibility index (Phi) is 5.13. The molecule has 0 aliphatic carbocycles. The predicted molar refractivity (Wildman–Crippen MR) is 86.6 cm³/mol. The van der Waals surface area contributed by atoms with Crippen LogP contribution in [0.4, 0.5) is 0 Å². The molecule has 2 aromatic rings. The van der Waals surface area contributed by atoms with Gasteiger partial charge in [-0.15, -0.1) is 11.3 Å². The van der Waals surface area contributed by atoms with E-state index in [1.807, 2.05) is 7.05 Å². The molecule has 0 atom stereocenters. The molecule has 0 unspecified atom stereocenters. The second-order valence-corrected chi connectivity index (χ2v) is 7.38. The van der Waals surface area contributed by atoms with Crippen LogP contribution in [0.3, 0.4) is 0 Å². The quantitative estimate of drug-likeness (QED) is 0.868. The maximum Gasteiger partial charge on any atom is 0.124 e. The lowest BCUT2D eigenvalue weighted by atomic mass is 10.0. The minimum absolute atomic E-state index is 0.696. The maximum absolute atomic E-state index is 4.67. The van der Waals surface area contributed by atoms with Crippen LogP contribution in [0, 0.1) is 5.92 Å². The number of benzene rings is 1. The van der Waals surface area contributed by atoms with E-state index in [0.29, 0.717) is 5.92 Å². The van der Waals surface area contributed by atoms with Gasteiger partial charge in [-0.05, 0) is 40.9 Å². The highest BCUT2D eigenvalue weighted by molar-refractivity contribution is 9.11. The third-order valence-corrected chi connectivity index (χ3v) is 4.72. The summed E-state index contributed by atoms with van der Waals surface area (Å²) in [5, 5.41) is 4.21. The van der Waals surface area contributed by atoms with Gasteiger partial charge >= 0.3 is 0 Å². The molecule has 0 fully saturated rings. The fourth-order valence-electron chi connectivity index (χ4n) is 1.99. The van der Waals surface area contributed by atoms with Gasteiger partial charge < -0.3 is 5.32 Å². The van der Waals surface area contributed by atoms with E-state index in [4.69, 9.17) is 0 Å². The zero-order chi connectivity index (χ0) is 13.8. The minimum Gasteiger partial charge on any atom is -0.314 e. The van der Waals surface area contributed by atoms with Crippen molar-refractivity contribution in [2.24, 2.45) is 5.92 Å². The van der Waals surface area contributed by atoms with Gasteiger partial charge in [0.05, 0.1) is 9.48 Å². The van der Waals surface area contributed by atoms with Crippen molar-refractivity contribution in [2.75, 3.05) is 7.05 Å². The van der Waals surface area contributed by atoms with Crippen LogP contribution in [0.15, 0.2) is 28.1 Å². The van der Waals surface area contributed by atoms with E-state index < -0.39 is 0 Å². The first-order valence-electron chi connectivity index (χ1n) is 6.49. The molecule has 4 heteroatoms. The molecule has 0 aliphatic heterocycles. The summed E-state index contributed by atoms with van der Waals surface area (Å²) < 4.78 is 1.11. The molecule has 102 valence electrons. The van der Waals surface area contributed by atoms with Gasteiger partial charge in [0.15, 0.2) is 0 Å². The second-order valence-electron chi connectivity index (χ2n) is 5.06. The number of rotatable bonds is 5. The van der Waals surface area contributed by atoms with Crippen LogP contribution in [0.1, 0.15) is 25.1 Å². The first-order valence-corrected chi connectivity index (χ1v) is 8.10. The molecular weight excluding hydrogens is 320 g/mol. The van der Waals surface area contributed by atoms with Gasteiger partial charge in [0.25, 0.3) is 0 Å². The van der Waals surface area contributed by atoms with Crippen LogP contribution >= 0.6 is 27.3 Å². The largest absolute Gasteiger partial charge is 0.314 e. The summed E-state index contributed by atoms with van der Waals surface area (Å²) in [6.45, 7) is 5.29. The molecule has 2 nitrogen and oxygen atoms in total. The average molecular weight is 339 g/mol.